The van der Waals surface area contributed by atoms with Crippen molar-refractivity contribution in [1.82, 2.24) is 16.0 Å². The van der Waals surface area contributed by atoms with Gasteiger partial charge in [0.05, 0.1) is 84.7 Å². The lowest BCUT2D eigenvalue weighted by Crippen LogP contribution is -2.43. The predicted molar refractivity (Wildman–Crippen MR) is 170 cm³/mol. The molecule has 3 N–H and O–H groups in total. The van der Waals surface area contributed by atoms with Crippen LogP contribution in [0.1, 0.15) is 19.8 Å². The minimum absolute atomic E-state index is 0.0103. The van der Waals surface area contributed by atoms with Crippen LogP contribution in [0.15, 0.2) is 0 Å². The summed E-state index contributed by atoms with van der Waals surface area (Å²) >= 11 is 0. The van der Waals surface area contributed by atoms with Crippen molar-refractivity contribution in [2.45, 2.75) is 19.8 Å². The van der Waals surface area contributed by atoms with Crippen molar-refractivity contribution in [3.05, 3.63) is 0 Å². The molecule has 282 valence electrons. The first-order chi connectivity index (χ1) is 23.3. The van der Waals surface area contributed by atoms with E-state index in [1.54, 1.807) is 0 Å². The molecular formula is C30H57N3O15. The summed E-state index contributed by atoms with van der Waals surface area (Å²) in [5.74, 6) is 0.103. The fourth-order valence-corrected chi connectivity index (χ4v) is 3.55. The Morgan fingerprint density at radius 3 is 1.12 bits per heavy atom. The number of rotatable bonds is 33. The summed E-state index contributed by atoms with van der Waals surface area (Å²) in [7, 11) is 4.57. The Balaban J connectivity index is 5.16. The molecule has 0 spiro atoms. The van der Waals surface area contributed by atoms with Gasteiger partial charge >= 0.3 is 18.3 Å². The number of carbonyl (C=O) groups excluding carboxylic acids is 4. The maximum absolute atomic E-state index is 11.8. The van der Waals surface area contributed by atoms with Gasteiger partial charge < -0.3 is 72.9 Å². The Labute approximate surface area is 283 Å². The molecule has 0 aromatic rings. The van der Waals surface area contributed by atoms with Crippen LogP contribution in [0.25, 0.3) is 0 Å². The van der Waals surface area contributed by atoms with Gasteiger partial charge in [0, 0.05) is 54.0 Å². The van der Waals surface area contributed by atoms with Gasteiger partial charge in [0.2, 0.25) is 0 Å². The Morgan fingerprint density at radius 2 is 0.792 bits per heavy atom. The second-order valence-electron chi connectivity index (χ2n) is 10.3. The summed E-state index contributed by atoms with van der Waals surface area (Å²) in [5, 5.41) is 7.65. The van der Waals surface area contributed by atoms with Crippen LogP contribution >= 0.6 is 0 Å². The van der Waals surface area contributed by atoms with E-state index in [-0.39, 0.29) is 78.5 Å². The van der Waals surface area contributed by atoms with E-state index in [1.807, 2.05) is 0 Å². The van der Waals surface area contributed by atoms with Gasteiger partial charge in [0.25, 0.3) is 0 Å². The molecule has 0 aliphatic rings. The Hall–Kier alpha value is -2.84. The van der Waals surface area contributed by atoms with Gasteiger partial charge in [-0.05, 0) is 13.3 Å². The zero-order valence-electron chi connectivity index (χ0n) is 29.0. The number of methoxy groups -OCH3 is 3. The molecule has 0 aliphatic carbocycles. The fourth-order valence-electron chi connectivity index (χ4n) is 3.55. The molecule has 0 aromatic carbocycles. The fraction of sp³-hybridized carbons (Fsp3) is 0.867. The number of Topliss-reactive ketones (excluding diaryl/α,β-unsaturated/α-hetero) is 1. The molecule has 48 heavy (non-hydrogen) atoms. The highest BCUT2D eigenvalue weighted by Gasteiger charge is 2.33. The molecule has 0 fully saturated rings. The SMILES string of the molecule is COCCNC(=O)OCCOCC(COCCOCCCC(C)=O)(COCCOC(=O)NCCOC)COCCOC(=O)NCCOC. The Bertz CT molecular complexity index is 744. The minimum atomic E-state index is -0.864. The van der Waals surface area contributed by atoms with Gasteiger partial charge in [-0.15, -0.1) is 0 Å². The topological polar surface area (TPSA) is 206 Å². The molecule has 0 bridgehead atoms. The maximum Gasteiger partial charge on any atom is 0.407 e. The third-order valence-electron chi connectivity index (χ3n) is 5.93. The van der Waals surface area contributed by atoms with Crippen LogP contribution in [-0.2, 0) is 56.9 Å². The Kier molecular flexibility index (Phi) is 30.8. The number of nitrogens with one attached hydrogen (secondary N) is 3. The smallest absolute Gasteiger partial charge is 0.407 e. The summed E-state index contributed by atoms with van der Waals surface area (Å²) < 4.78 is 59.1. The molecule has 0 heterocycles. The molecule has 0 unspecified atom stereocenters. The summed E-state index contributed by atoms with van der Waals surface area (Å²) in [6.45, 7) is 5.07. The largest absolute Gasteiger partial charge is 0.447 e. The minimum Gasteiger partial charge on any atom is -0.447 e. The van der Waals surface area contributed by atoms with Crippen LogP contribution in [0.2, 0.25) is 0 Å². The van der Waals surface area contributed by atoms with Gasteiger partial charge in [-0.2, -0.15) is 0 Å². The van der Waals surface area contributed by atoms with Crippen molar-refractivity contribution < 1.29 is 71.3 Å². The van der Waals surface area contributed by atoms with Crippen LogP contribution in [-0.4, -0.2) is 171 Å². The third-order valence-corrected chi connectivity index (χ3v) is 5.93. The molecule has 0 aromatic heterocycles. The third kappa shape index (κ3) is 29.3. The highest BCUT2D eigenvalue weighted by Crippen LogP contribution is 2.21. The standard InChI is InChI=1S/C30H57N3O15/c1-26(34)6-5-10-41-14-15-42-22-30(23-43-16-19-46-27(35)31-7-11-38-2,24-44-17-20-47-28(36)32-8-12-39-3)25-45-18-21-48-29(37)33-9-13-40-4/h5-25H2,1-4H3,(H,31,35)(H,32,36)(H,33,37). The zero-order chi connectivity index (χ0) is 35.6. The van der Waals surface area contributed by atoms with E-state index >= 15 is 0 Å². The predicted octanol–water partition coefficient (Wildman–Crippen LogP) is 0.543. The molecule has 0 rings (SSSR count). The Morgan fingerprint density at radius 1 is 0.458 bits per heavy atom. The monoisotopic (exact) mass is 699 g/mol. The number of hydrogen-bond donors (Lipinski definition) is 3. The molecule has 0 saturated heterocycles. The van der Waals surface area contributed by atoms with E-state index < -0.39 is 23.7 Å². The number of hydrogen-bond acceptors (Lipinski definition) is 15. The van der Waals surface area contributed by atoms with Crippen LogP contribution < -0.4 is 16.0 Å². The highest BCUT2D eigenvalue weighted by molar-refractivity contribution is 5.75. The van der Waals surface area contributed by atoms with Crippen molar-refractivity contribution in [3.63, 3.8) is 0 Å². The first-order valence-electron chi connectivity index (χ1n) is 15.9. The van der Waals surface area contributed by atoms with E-state index in [1.165, 1.54) is 28.3 Å². The normalized spacial score (nSPS) is 11.2. The summed E-state index contributed by atoms with van der Waals surface area (Å²) in [5.41, 5.74) is -0.864. The second kappa shape index (κ2) is 32.7. The van der Waals surface area contributed by atoms with E-state index in [2.05, 4.69) is 16.0 Å². The number of alkyl carbamates (subject to hydrolysis) is 3. The molecule has 0 saturated carbocycles. The number of ketones is 1. The number of carbonyl (C=O) groups is 4. The molecule has 0 aliphatic heterocycles. The average Bonchev–Trinajstić information content (AvgIpc) is 3.05. The van der Waals surface area contributed by atoms with E-state index in [0.717, 1.165) is 0 Å². The summed E-state index contributed by atoms with van der Waals surface area (Å²) in [6, 6.07) is 0. The molecule has 3 amide bonds. The lowest BCUT2D eigenvalue weighted by atomic mass is 9.92. The first kappa shape index (κ1) is 45.2. The van der Waals surface area contributed by atoms with Gasteiger partial charge in [0.1, 0.15) is 25.6 Å². The van der Waals surface area contributed by atoms with Gasteiger partial charge in [-0.1, -0.05) is 0 Å². The second-order valence-corrected chi connectivity index (χ2v) is 10.3. The quantitative estimate of drug-likeness (QED) is 0.0632. The summed E-state index contributed by atoms with van der Waals surface area (Å²) in [6.07, 6.45) is -0.723. The summed E-state index contributed by atoms with van der Waals surface area (Å²) in [4.78, 5) is 46.5. The van der Waals surface area contributed by atoms with Crippen molar-refractivity contribution in [2.24, 2.45) is 5.41 Å². The van der Waals surface area contributed by atoms with Gasteiger partial charge in [-0.25, -0.2) is 14.4 Å². The van der Waals surface area contributed by atoms with E-state index in [4.69, 9.17) is 52.1 Å². The van der Waals surface area contributed by atoms with Crippen LogP contribution in [0.4, 0.5) is 14.4 Å². The first-order valence-corrected chi connectivity index (χ1v) is 15.9. The molecule has 18 heteroatoms. The van der Waals surface area contributed by atoms with Crippen LogP contribution in [0.3, 0.4) is 0 Å². The van der Waals surface area contributed by atoms with Crippen molar-refractivity contribution in [2.75, 3.05) is 147 Å². The number of ether oxygens (including phenoxy) is 11. The van der Waals surface area contributed by atoms with Crippen molar-refractivity contribution >= 4 is 24.1 Å². The van der Waals surface area contributed by atoms with Gasteiger partial charge in [0.15, 0.2) is 0 Å². The van der Waals surface area contributed by atoms with Crippen LogP contribution in [0, 0.1) is 5.41 Å². The number of amides is 3. The van der Waals surface area contributed by atoms with Gasteiger partial charge in [-0.3, -0.25) is 0 Å². The lowest BCUT2D eigenvalue weighted by Gasteiger charge is -2.33. The molecular weight excluding hydrogens is 642 g/mol. The average molecular weight is 700 g/mol. The zero-order valence-corrected chi connectivity index (χ0v) is 29.0. The van der Waals surface area contributed by atoms with Crippen molar-refractivity contribution in [1.29, 1.82) is 0 Å². The van der Waals surface area contributed by atoms with E-state index in [0.29, 0.717) is 65.5 Å². The molecule has 0 radical (unpaired) electrons. The van der Waals surface area contributed by atoms with E-state index in [9.17, 15) is 19.2 Å². The maximum atomic E-state index is 11.8. The van der Waals surface area contributed by atoms with Crippen LogP contribution in [0.5, 0.6) is 0 Å². The lowest BCUT2D eigenvalue weighted by molar-refractivity contribution is -0.118. The molecule has 18 nitrogen and oxygen atoms in total. The highest BCUT2D eigenvalue weighted by atomic mass is 16.6. The van der Waals surface area contributed by atoms with Crippen molar-refractivity contribution in [3.8, 4) is 0 Å². The molecule has 0 atom stereocenters.